The summed E-state index contributed by atoms with van der Waals surface area (Å²) in [5, 5.41) is 1.46. The van der Waals surface area contributed by atoms with Crippen LogP contribution in [0.2, 0.25) is 5.02 Å². The SMILES string of the molecule is COC(=O)C1CCN(Cc2cc(=O)oc3ccc(Cl)cc23)CC1. The normalized spacial score (nSPS) is 16.6. The third-order valence-electron chi connectivity index (χ3n) is 4.31. The molecule has 0 bridgehead atoms. The quantitative estimate of drug-likeness (QED) is 0.637. The van der Waals surface area contributed by atoms with Crippen LogP contribution < -0.4 is 5.63 Å². The molecular formula is C17H18ClNO4. The summed E-state index contributed by atoms with van der Waals surface area (Å²) in [5.41, 5.74) is 1.08. The number of ether oxygens (including phenoxy) is 1. The van der Waals surface area contributed by atoms with E-state index in [4.69, 9.17) is 20.8 Å². The molecule has 2 aromatic rings. The number of benzene rings is 1. The molecule has 3 rings (SSSR count). The number of fused-ring (bicyclic) bond motifs is 1. The lowest BCUT2D eigenvalue weighted by atomic mass is 9.96. The van der Waals surface area contributed by atoms with Crippen molar-refractivity contribution in [2.75, 3.05) is 20.2 Å². The summed E-state index contributed by atoms with van der Waals surface area (Å²) >= 11 is 6.06. The first-order chi connectivity index (χ1) is 11.1. The van der Waals surface area contributed by atoms with Gasteiger partial charge in [0.15, 0.2) is 0 Å². The van der Waals surface area contributed by atoms with Crippen LogP contribution in [0.25, 0.3) is 11.0 Å². The molecule has 0 radical (unpaired) electrons. The number of nitrogens with zero attached hydrogens (tertiary/aromatic N) is 1. The van der Waals surface area contributed by atoms with Crippen molar-refractivity contribution in [1.82, 2.24) is 4.90 Å². The summed E-state index contributed by atoms with van der Waals surface area (Å²) in [7, 11) is 1.42. The third kappa shape index (κ3) is 3.57. The molecule has 6 heteroatoms. The van der Waals surface area contributed by atoms with E-state index in [0.29, 0.717) is 17.2 Å². The van der Waals surface area contributed by atoms with Crippen LogP contribution in [-0.4, -0.2) is 31.1 Å². The number of esters is 1. The average molecular weight is 336 g/mol. The molecule has 0 spiro atoms. The fraction of sp³-hybridized carbons (Fsp3) is 0.412. The maximum absolute atomic E-state index is 11.7. The molecule has 1 aliphatic rings. The van der Waals surface area contributed by atoms with E-state index >= 15 is 0 Å². The number of rotatable bonds is 3. The molecule has 1 saturated heterocycles. The van der Waals surface area contributed by atoms with Crippen LogP contribution in [0.5, 0.6) is 0 Å². The summed E-state index contributed by atoms with van der Waals surface area (Å²) < 4.78 is 10.0. The van der Waals surface area contributed by atoms with Gasteiger partial charge in [-0.1, -0.05) is 11.6 Å². The lowest BCUT2D eigenvalue weighted by Crippen LogP contribution is -2.36. The van der Waals surface area contributed by atoms with Gasteiger partial charge in [0.2, 0.25) is 0 Å². The van der Waals surface area contributed by atoms with Crippen molar-refractivity contribution in [2.45, 2.75) is 19.4 Å². The first kappa shape index (κ1) is 16.0. The Labute approximate surface area is 138 Å². The number of hydrogen-bond acceptors (Lipinski definition) is 5. The molecule has 0 amide bonds. The molecule has 0 aliphatic carbocycles. The largest absolute Gasteiger partial charge is 0.469 e. The highest BCUT2D eigenvalue weighted by atomic mass is 35.5. The zero-order valence-electron chi connectivity index (χ0n) is 12.9. The van der Waals surface area contributed by atoms with Gasteiger partial charge < -0.3 is 9.15 Å². The van der Waals surface area contributed by atoms with E-state index in [1.165, 1.54) is 13.2 Å². The fourth-order valence-corrected chi connectivity index (χ4v) is 3.24. The van der Waals surface area contributed by atoms with Crippen LogP contribution in [0.15, 0.2) is 33.5 Å². The van der Waals surface area contributed by atoms with Gasteiger partial charge in [-0.15, -0.1) is 0 Å². The lowest BCUT2D eigenvalue weighted by Gasteiger charge is -2.30. The van der Waals surface area contributed by atoms with Crippen molar-refractivity contribution in [3.05, 3.63) is 45.3 Å². The number of halogens is 1. The number of methoxy groups -OCH3 is 1. The van der Waals surface area contributed by atoms with E-state index in [9.17, 15) is 9.59 Å². The topological polar surface area (TPSA) is 59.8 Å². The Bertz CT molecular complexity index is 778. The Kier molecular flexibility index (Phi) is 4.68. The molecule has 0 N–H and O–H groups in total. The third-order valence-corrected chi connectivity index (χ3v) is 4.54. The van der Waals surface area contributed by atoms with Crippen LogP contribution in [-0.2, 0) is 16.1 Å². The summed E-state index contributed by atoms with van der Waals surface area (Å²) in [4.78, 5) is 25.5. The van der Waals surface area contributed by atoms with Crippen LogP contribution in [0, 0.1) is 5.92 Å². The number of carbonyl (C=O) groups excluding carboxylic acids is 1. The second kappa shape index (κ2) is 6.72. The highest BCUT2D eigenvalue weighted by Crippen LogP contribution is 2.25. The minimum atomic E-state index is -0.362. The molecule has 23 heavy (non-hydrogen) atoms. The Hall–Kier alpha value is -1.85. The highest BCUT2D eigenvalue weighted by molar-refractivity contribution is 6.31. The van der Waals surface area contributed by atoms with E-state index < -0.39 is 0 Å². The predicted molar refractivity (Wildman–Crippen MR) is 87.5 cm³/mol. The Morgan fingerprint density at radius 3 is 2.78 bits per heavy atom. The summed E-state index contributed by atoms with van der Waals surface area (Å²) in [6, 6.07) is 6.76. The molecule has 122 valence electrons. The van der Waals surface area contributed by atoms with E-state index in [-0.39, 0.29) is 17.5 Å². The minimum absolute atomic E-state index is 0.0247. The average Bonchev–Trinajstić information content (AvgIpc) is 2.55. The van der Waals surface area contributed by atoms with Gasteiger partial charge >= 0.3 is 11.6 Å². The standard InChI is InChI=1S/C17H18ClNO4/c1-22-17(21)11-4-6-19(7-5-11)10-12-8-16(20)23-15-3-2-13(18)9-14(12)15/h2-3,8-9,11H,4-7,10H2,1H3. The maximum Gasteiger partial charge on any atom is 0.336 e. The molecule has 0 saturated carbocycles. The first-order valence-electron chi connectivity index (χ1n) is 7.59. The number of likely N-dealkylation sites (tertiary alicyclic amines) is 1. The Morgan fingerprint density at radius 2 is 2.09 bits per heavy atom. The van der Waals surface area contributed by atoms with Crippen LogP contribution in [0.1, 0.15) is 18.4 Å². The molecule has 0 unspecified atom stereocenters. The van der Waals surface area contributed by atoms with Gasteiger partial charge in [-0.3, -0.25) is 9.69 Å². The molecule has 0 atom stereocenters. The predicted octanol–water partition coefficient (Wildman–Crippen LogP) is 2.83. The van der Waals surface area contributed by atoms with E-state index in [0.717, 1.165) is 36.9 Å². The Balaban J connectivity index is 1.79. The second-order valence-electron chi connectivity index (χ2n) is 5.80. The molecule has 1 aliphatic heterocycles. The smallest absolute Gasteiger partial charge is 0.336 e. The first-order valence-corrected chi connectivity index (χ1v) is 7.97. The van der Waals surface area contributed by atoms with Crippen molar-refractivity contribution in [2.24, 2.45) is 5.92 Å². The van der Waals surface area contributed by atoms with Crippen molar-refractivity contribution in [1.29, 1.82) is 0 Å². The highest BCUT2D eigenvalue weighted by Gasteiger charge is 2.25. The summed E-state index contributed by atoms with van der Waals surface area (Å²) in [6.45, 7) is 2.22. The molecule has 1 aromatic heterocycles. The van der Waals surface area contributed by atoms with Crippen molar-refractivity contribution >= 4 is 28.5 Å². The number of hydrogen-bond donors (Lipinski definition) is 0. The van der Waals surface area contributed by atoms with E-state index in [1.807, 2.05) is 6.07 Å². The zero-order valence-corrected chi connectivity index (χ0v) is 13.6. The van der Waals surface area contributed by atoms with Gasteiger partial charge in [-0.25, -0.2) is 4.79 Å². The summed E-state index contributed by atoms with van der Waals surface area (Å²) in [5.74, 6) is -0.162. The van der Waals surface area contributed by atoms with Gasteiger partial charge in [0.1, 0.15) is 5.58 Å². The van der Waals surface area contributed by atoms with Crippen LogP contribution in [0.3, 0.4) is 0 Å². The number of piperidine rings is 1. The maximum atomic E-state index is 11.7. The van der Waals surface area contributed by atoms with E-state index in [1.54, 1.807) is 12.1 Å². The fourth-order valence-electron chi connectivity index (χ4n) is 3.07. The molecule has 2 heterocycles. The number of carbonyl (C=O) groups is 1. The van der Waals surface area contributed by atoms with Crippen molar-refractivity contribution in [3.63, 3.8) is 0 Å². The van der Waals surface area contributed by atoms with Crippen LogP contribution >= 0.6 is 11.6 Å². The lowest BCUT2D eigenvalue weighted by molar-refractivity contribution is -0.147. The second-order valence-corrected chi connectivity index (χ2v) is 6.24. The van der Waals surface area contributed by atoms with Gasteiger partial charge in [0, 0.05) is 23.0 Å². The van der Waals surface area contributed by atoms with Crippen molar-refractivity contribution in [3.8, 4) is 0 Å². The zero-order chi connectivity index (χ0) is 16.4. The Morgan fingerprint density at radius 1 is 1.35 bits per heavy atom. The van der Waals surface area contributed by atoms with Gasteiger partial charge in [0.25, 0.3) is 0 Å². The van der Waals surface area contributed by atoms with E-state index in [2.05, 4.69) is 4.90 Å². The van der Waals surface area contributed by atoms with Gasteiger partial charge in [0.05, 0.1) is 13.0 Å². The summed E-state index contributed by atoms with van der Waals surface area (Å²) in [6.07, 6.45) is 1.54. The molecule has 1 aromatic carbocycles. The molecular weight excluding hydrogens is 318 g/mol. The minimum Gasteiger partial charge on any atom is -0.469 e. The molecule has 1 fully saturated rings. The monoisotopic (exact) mass is 335 g/mol. The molecule has 5 nitrogen and oxygen atoms in total. The van der Waals surface area contributed by atoms with Gasteiger partial charge in [-0.2, -0.15) is 0 Å². The van der Waals surface area contributed by atoms with Crippen LogP contribution in [0.4, 0.5) is 0 Å². The van der Waals surface area contributed by atoms with Gasteiger partial charge in [-0.05, 0) is 49.7 Å². The van der Waals surface area contributed by atoms with Crippen molar-refractivity contribution < 1.29 is 13.9 Å².